The van der Waals surface area contributed by atoms with E-state index >= 15 is 0 Å². The van der Waals surface area contributed by atoms with Gasteiger partial charge >= 0.3 is 0 Å². The first-order valence-corrected chi connectivity index (χ1v) is 7.22. The Morgan fingerprint density at radius 3 is 2.47 bits per heavy atom. The lowest BCUT2D eigenvalue weighted by Gasteiger charge is -2.08. The quantitative estimate of drug-likeness (QED) is 0.864. The van der Waals surface area contributed by atoms with Gasteiger partial charge in [0.2, 0.25) is 0 Å². The van der Waals surface area contributed by atoms with Crippen LogP contribution in [0.3, 0.4) is 0 Å². The van der Waals surface area contributed by atoms with Crippen LogP contribution < -0.4 is 5.32 Å². The lowest BCUT2D eigenvalue weighted by molar-refractivity contribution is 0.543. The van der Waals surface area contributed by atoms with Crippen molar-refractivity contribution < 1.29 is 0 Å². The van der Waals surface area contributed by atoms with Crippen molar-refractivity contribution in [3.05, 3.63) is 28.2 Å². The highest BCUT2D eigenvalue weighted by Gasteiger charge is 2.21. The van der Waals surface area contributed by atoms with E-state index in [0.29, 0.717) is 22.0 Å². The van der Waals surface area contributed by atoms with Gasteiger partial charge in [-0.25, -0.2) is 0 Å². The van der Waals surface area contributed by atoms with E-state index in [1.165, 1.54) is 0 Å². The number of hydrogen-bond acceptors (Lipinski definition) is 3. The molecule has 5 heteroatoms. The third-order valence-electron chi connectivity index (χ3n) is 2.56. The molecule has 1 aromatic rings. The summed E-state index contributed by atoms with van der Waals surface area (Å²) in [5.41, 5.74) is 0.887. The van der Waals surface area contributed by atoms with E-state index in [2.05, 4.69) is 24.2 Å². The van der Waals surface area contributed by atoms with E-state index in [4.69, 9.17) is 23.2 Å². The van der Waals surface area contributed by atoms with Crippen molar-refractivity contribution in [1.82, 2.24) is 0 Å². The summed E-state index contributed by atoms with van der Waals surface area (Å²) in [6.07, 6.45) is 0. The number of nitrogens with one attached hydrogen (secondary N) is 1. The molecule has 0 aromatic heterocycles. The molecule has 0 amide bonds. The molecule has 0 bridgehead atoms. The molecule has 0 spiro atoms. The Morgan fingerprint density at radius 1 is 1.29 bits per heavy atom. The van der Waals surface area contributed by atoms with Crippen LogP contribution in [0.15, 0.2) is 23.2 Å². The zero-order valence-electron chi connectivity index (χ0n) is 9.71. The van der Waals surface area contributed by atoms with Crippen LogP contribution in [0.2, 0.25) is 10.0 Å². The van der Waals surface area contributed by atoms with Crippen LogP contribution in [-0.2, 0) is 0 Å². The zero-order chi connectivity index (χ0) is 12.4. The van der Waals surface area contributed by atoms with Crippen LogP contribution in [0.4, 0.5) is 5.69 Å². The monoisotopic (exact) mass is 288 g/mol. The van der Waals surface area contributed by atoms with Gasteiger partial charge in [0.1, 0.15) is 0 Å². The molecular weight excluding hydrogens is 275 g/mol. The van der Waals surface area contributed by atoms with Crippen molar-refractivity contribution >= 4 is 45.8 Å². The number of hydrogen-bond donors (Lipinski definition) is 1. The van der Waals surface area contributed by atoms with E-state index in [1.54, 1.807) is 17.8 Å². The molecule has 17 heavy (non-hydrogen) atoms. The molecular formula is C12H14Cl2N2S. The third kappa shape index (κ3) is 3.54. The van der Waals surface area contributed by atoms with Crippen molar-refractivity contribution in [2.75, 3.05) is 11.1 Å². The molecule has 0 unspecified atom stereocenters. The molecule has 1 aliphatic heterocycles. The fourth-order valence-electron chi connectivity index (χ4n) is 1.55. The van der Waals surface area contributed by atoms with Crippen molar-refractivity contribution in [2.45, 2.75) is 19.9 Å². The Labute approximate surface area is 116 Å². The second kappa shape index (κ2) is 5.51. The van der Waals surface area contributed by atoms with Crippen LogP contribution in [0, 0.1) is 5.92 Å². The van der Waals surface area contributed by atoms with Gasteiger partial charge in [-0.1, -0.05) is 48.8 Å². The third-order valence-corrected chi connectivity index (χ3v) is 3.98. The van der Waals surface area contributed by atoms with Gasteiger partial charge in [0.05, 0.1) is 6.04 Å². The number of anilines is 1. The van der Waals surface area contributed by atoms with Crippen LogP contribution in [0.1, 0.15) is 13.8 Å². The average molecular weight is 289 g/mol. The van der Waals surface area contributed by atoms with Crippen LogP contribution >= 0.6 is 35.0 Å². The van der Waals surface area contributed by atoms with Crippen LogP contribution in [0.25, 0.3) is 0 Å². The first-order valence-electron chi connectivity index (χ1n) is 5.48. The Hall–Kier alpha value is -0.380. The summed E-state index contributed by atoms with van der Waals surface area (Å²) in [4.78, 5) is 4.62. The van der Waals surface area contributed by atoms with Gasteiger partial charge in [-0.15, -0.1) is 0 Å². The van der Waals surface area contributed by atoms with Gasteiger partial charge in [-0.2, -0.15) is 0 Å². The number of rotatable bonds is 2. The Balaban J connectivity index is 2.09. The molecule has 0 aliphatic carbocycles. The highest BCUT2D eigenvalue weighted by Crippen LogP contribution is 2.27. The molecule has 0 saturated carbocycles. The smallest absolute Gasteiger partial charge is 0.161 e. The number of amidine groups is 1. The van der Waals surface area contributed by atoms with E-state index in [0.717, 1.165) is 16.6 Å². The number of thioether (sulfide) groups is 1. The summed E-state index contributed by atoms with van der Waals surface area (Å²) in [5, 5.41) is 5.46. The number of halogens is 2. The summed E-state index contributed by atoms with van der Waals surface area (Å²) in [7, 11) is 0. The Kier molecular flexibility index (Phi) is 4.23. The summed E-state index contributed by atoms with van der Waals surface area (Å²) in [5.74, 6) is 1.61. The van der Waals surface area contributed by atoms with Crippen molar-refractivity contribution in [1.29, 1.82) is 0 Å². The fraction of sp³-hybridized carbons (Fsp3) is 0.417. The topological polar surface area (TPSA) is 24.4 Å². The Morgan fingerprint density at radius 2 is 1.94 bits per heavy atom. The minimum atomic E-state index is 0.400. The summed E-state index contributed by atoms with van der Waals surface area (Å²) >= 11 is 13.6. The molecule has 1 atom stereocenters. The van der Waals surface area contributed by atoms with E-state index < -0.39 is 0 Å². The van der Waals surface area contributed by atoms with Gasteiger partial charge in [0.15, 0.2) is 5.17 Å². The minimum Gasteiger partial charge on any atom is -0.335 e. The summed E-state index contributed by atoms with van der Waals surface area (Å²) < 4.78 is 0. The van der Waals surface area contributed by atoms with E-state index in [-0.39, 0.29) is 0 Å². The first-order chi connectivity index (χ1) is 8.04. The van der Waals surface area contributed by atoms with Gasteiger partial charge in [0.25, 0.3) is 0 Å². The number of benzene rings is 1. The normalized spacial score (nSPS) is 19.6. The SMILES string of the molecule is CC(C)[C@H]1CSC(Nc2cc(Cl)cc(Cl)c2)=N1. The zero-order valence-corrected chi connectivity index (χ0v) is 12.0. The molecule has 1 N–H and O–H groups in total. The maximum Gasteiger partial charge on any atom is 0.161 e. The molecule has 2 nitrogen and oxygen atoms in total. The standard InChI is InChI=1S/C12H14Cl2N2S/c1-7(2)11-6-17-12(16-11)15-10-4-8(13)3-9(14)5-10/h3-5,7,11H,6H2,1-2H3,(H,15,16)/t11-/m1/s1. The molecule has 1 aromatic carbocycles. The van der Waals surface area contributed by atoms with Gasteiger partial charge < -0.3 is 5.32 Å². The maximum atomic E-state index is 5.94. The lowest BCUT2D eigenvalue weighted by Crippen LogP contribution is -2.12. The average Bonchev–Trinajstić information content (AvgIpc) is 2.64. The molecule has 1 aliphatic rings. The lowest BCUT2D eigenvalue weighted by atomic mass is 10.1. The second-order valence-corrected chi connectivity index (χ2v) is 6.22. The summed E-state index contributed by atoms with van der Waals surface area (Å²) in [6, 6.07) is 5.81. The van der Waals surface area contributed by atoms with Crippen molar-refractivity contribution in [3.8, 4) is 0 Å². The van der Waals surface area contributed by atoms with Gasteiger partial charge in [-0.05, 0) is 24.1 Å². The van der Waals surface area contributed by atoms with Crippen LogP contribution in [-0.4, -0.2) is 17.0 Å². The summed E-state index contributed by atoms with van der Waals surface area (Å²) in [6.45, 7) is 4.38. The number of nitrogens with zero attached hydrogens (tertiary/aromatic N) is 1. The molecule has 0 fully saturated rings. The highest BCUT2D eigenvalue weighted by molar-refractivity contribution is 8.14. The molecule has 0 radical (unpaired) electrons. The van der Waals surface area contributed by atoms with Crippen molar-refractivity contribution in [2.24, 2.45) is 10.9 Å². The van der Waals surface area contributed by atoms with Gasteiger partial charge in [-0.3, -0.25) is 4.99 Å². The molecule has 1 heterocycles. The number of aliphatic imine (C=N–C) groups is 1. The first kappa shape index (κ1) is 13.1. The molecule has 92 valence electrons. The highest BCUT2D eigenvalue weighted by atomic mass is 35.5. The molecule has 2 rings (SSSR count). The van der Waals surface area contributed by atoms with E-state index in [9.17, 15) is 0 Å². The Bertz CT molecular complexity index is 426. The van der Waals surface area contributed by atoms with Gasteiger partial charge in [0, 0.05) is 21.5 Å². The van der Waals surface area contributed by atoms with E-state index in [1.807, 2.05) is 12.1 Å². The predicted octanol–water partition coefficient (Wildman–Crippen LogP) is 4.53. The largest absolute Gasteiger partial charge is 0.335 e. The minimum absolute atomic E-state index is 0.400. The predicted molar refractivity (Wildman–Crippen MR) is 78.6 cm³/mol. The van der Waals surface area contributed by atoms with Crippen LogP contribution in [0.5, 0.6) is 0 Å². The molecule has 0 saturated heterocycles. The van der Waals surface area contributed by atoms with Crippen molar-refractivity contribution in [3.63, 3.8) is 0 Å². The maximum absolute atomic E-state index is 5.94. The second-order valence-electron chi connectivity index (χ2n) is 4.34. The fourth-order valence-corrected chi connectivity index (χ4v) is 3.26.